The zero-order valence-electron chi connectivity index (χ0n) is 11.0. The molecule has 0 aromatic rings. The molecular weight excluding hydrogens is 196 g/mol. The molecule has 1 heterocycles. The molecule has 16 heavy (non-hydrogen) atoms. The maximum atomic E-state index is 3.44. The largest absolute Gasteiger partial charge is 0.317 e. The predicted molar refractivity (Wildman–Crippen MR) is 69.6 cm³/mol. The van der Waals surface area contributed by atoms with Gasteiger partial charge in [0.1, 0.15) is 0 Å². The van der Waals surface area contributed by atoms with Crippen molar-refractivity contribution in [2.24, 2.45) is 11.8 Å². The highest BCUT2D eigenvalue weighted by Gasteiger charge is 2.25. The van der Waals surface area contributed by atoms with Crippen LogP contribution in [-0.2, 0) is 0 Å². The molecule has 0 amide bonds. The van der Waals surface area contributed by atoms with Crippen molar-refractivity contribution in [1.29, 1.82) is 0 Å². The normalized spacial score (nSPS) is 33.4. The van der Waals surface area contributed by atoms with Crippen LogP contribution in [0, 0.1) is 11.8 Å². The van der Waals surface area contributed by atoms with E-state index in [2.05, 4.69) is 24.2 Å². The lowest BCUT2D eigenvalue weighted by Crippen LogP contribution is -2.47. The van der Waals surface area contributed by atoms with Crippen molar-refractivity contribution in [3.8, 4) is 0 Å². The van der Waals surface area contributed by atoms with E-state index in [9.17, 15) is 0 Å². The van der Waals surface area contributed by atoms with E-state index < -0.39 is 0 Å². The van der Waals surface area contributed by atoms with Crippen molar-refractivity contribution < 1.29 is 0 Å². The fourth-order valence-electron chi connectivity index (χ4n) is 3.53. The maximum absolute atomic E-state index is 3.44. The van der Waals surface area contributed by atoms with Crippen LogP contribution in [0.5, 0.6) is 0 Å². The van der Waals surface area contributed by atoms with Crippen LogP contribution in [0.4, 0.5) is 0 Å². The molecule has 0 radical (unpaired) electrons. The third-order valence-electron chi connectivity index (χ3n) is 4.69. The average Bonchev–Trinajstić information content (AvgIpc) is 2.79. The first kappa shape index (κ1) is 12.4. The summed E-state index contributed by atoms with van der Waals surface area (Å²) >= 11 is 0. The van der Waals surface area contributed by atoms with E-state index in [1.165, 1.54) is 58.2 Å². The highest BCUT2D eigenvalue weighted by atomic mass is 15.1. The number of hydrogen-bond acceptors (Lipinski definition) is 2. The SMILES string of the molecule is CNC1CCN(CCC2CCCC2)CC1C. The number of piperidine rings is 1. The second-order valence-corrected chi connectivity index (χ2v) is 5.90. The smallest absolute Gasteiger partial charge is 0.0114 e. The van der Waals surface area contributed by atoms with Crippen LogP contribution in [0.15, 0.2) is 0 Å². The Kier molecular flexibility index (Phi) is 4.66. The number of hydrogen-bond donors (Lipinski definition) is 1. The molecule has 1 saturated carbocycles. The fraction of sp³-hybridized carbons (Fsp3) is 1.00. The molecule has 0 bridgehead atoms. The Labute approximate surface area is 101 Å². The highest BCUT2D eigenvalue weighted by Crippen LogP contribution is 2.28. The first-order valence-electron chi connectivity index (χ1n) is 7.19. The van der Waals surface area contributed by atoms with Crippen LogP contribution in [0.1, 0.15) is 45.4 Å². The lowest BCUT2D eigenvalue weighted by Gasteiger charge is -2.37. The summed E-state index contributed by atoms with van der Waals surface area (Å²) in [5.41, 5.74) is 0. The van der Waals surface area contributed by atoms with Crippen LogP contribution in [0.25, 0.3) is 0 Å². The van der Waals surface area contributed by atoms with Gasteiger partial charge in [0.2, 0.25) is 0 Å². The molecule has 94 valence electrons. The van der Waals surface area contributed by atoms with Gasteiger partial charge in [0.05, 0.1) is 0 Å². The molecule has 2 rings (SSSR count). The summed E-state index contributed by atoms with van der Waals surface area (Å²) in [5.74, 6) is 1.87. The molecule has 1 aliphatic carbocycles. The zero-order chi connectivity index (χ0) is 11.4. The van der Waals surface area contributed by atoms with Crippen LogP contribution in [0.3, 0.4) is 0 Å². The topological polar surface area (TPSA) is 15.3 Å². The minimum Gasteiger partial charge on any atom is -0.317 e. The summed E-state index contributed by atoms with van der Waals surface area (Å²) in [6.45, 7) is 6.36. The Hall–Kier alpha value is -0.0800. The molecule has 0 spiro atoms. The Bertz CT molecular complexity index is 199. The molecule has 2 fully saturated rings. The number of likely N-dealkylation sites (tertiary alicyclic amines) is 1. The molecule has 2 nitrogen and oxygen atoms in total. The fourth-order valence-corrected chi connectivity index (χ4v) is 3.53. The first-order chi connectivity index (χ1) is 7.79. The second-order valence-electron chi connectivity index (χ2n) is 5.90. The van der Waals surface area contributed by atoms with Crippen molar-refractivity contribution in [3.63, 3.8) is 0 Å². The summed E-state index contributed by atoms with van der Waals surface area (Å²) in [6, 6.07) is 0.753. The third kappa shape index (κ3) is 3.21. The van der Waals surface area contributed by atoms with E-state index in [4.69, 9.17) is 0 Å². The van der Waals surface area contributed by atoms with Gasteiger partial charge in [-0.2, -0.15) is 0 Å². The van der Waals surface area contributed by atoms with E-state index in [-0.39, 0.29) is 0 Å². The predicted octanol–water partition coefficient (Wildman–Crippen LogP) is 2.50. The molecule has 2 atom stereocenters. The standard InChI is InChI=1S/C14H28N2/c1-12-11-16(10-8-14(12)15-2)9-7-13-5-3-4-6-13/h12-15H,3-11H2,1-2H3. The molecule has 0 aromatic carbocycles. The zero-order valence-corrected chi connectivity index (χ0v) is 11.0. The molecule has 2 aliphatic rings. The average molecular weight is 224 g/mol. The van der Waals surface area contributed by atoms with E-state index >= 15 is 0 Å². The summed E-state index contributed by atoms with van der Waals surface area (Å²) < 4.78 is 0. The Morgan fingerprint density at radius 2 is 1.94 bits per heavy atom. The van der Waals surface area contributed by atoms with Crippen molar-refractivity contribution in [2.75, 3.05) is 26.7 Å². The van der Waals surface area contributed by atoms with Crippen LogP contribution in [0.2, 0.25) is 0 Å². The van der Waals surface area contributed by atoms with E-state index in [1.807, 2.05) is 0 Å². The molecular formula is C14H28N2. The van der Waals surface area contributed by atoms with Gasteiger partial charge in [-0.25, -0.2) is 0 Å². The van der Waals surface area contributed by atoms with Gasteiger partial charge in [-0.15, -0.1) is 0 Å². The summed E-state index contributed by atoms with van der Waals surface area (Å²) in [7, 11) is 2.11. The van der Waals surface area contributed by atoms with Crippen molar-refractivity contribution in [1.82, 2.24) is 10.2 Å². The summed E-state index contributed by atoms with van der Waals surface area (Å²) in [4.78, 5) is 2.69. The van der Waals surface area contributed by atoms with Gasteiger partial charge in [-0.05, 0) is 44.8 Å². The van der Waals surface area contributed by atoms with E-state index in [1.54, 1.807) is 0 Å². The molecule has 1 aliphatic heterocycles. The van der Waals surface area contributed by atoms with Gasteiger partial charge in [0.25, 0.3) is 0 Å². The lowest BCUT2D eigenvalue weighted by molar-refractivity contribution is 0.144. The molecule has 2 unspecified atom stereocenters. The Morgan fingerprint density at radius 1 is 1.19 bits per heavy atom. The number of nitrogens with one attached hydrogen (secondary N) is 1. The quantitative estimate of drug-likeness (QED) is 0.789. The van der Waals surface area contributed by atoms with Gasteiger partial charge in [0.15, 0.2) is 0 Å². The summed E-state index contributed by atoms with van der Waals surface area (Å²) in [5, 5.41) is 3.44. The number of rotatable bonds is 4. The second kappa shape index (κ2) is 6.02. The maximum Gasteiger partial charge on any atom is 0.0114 e. The summed E-state index contributed by atoms with van der Waals surface area (Å²) in [6.07, 6.45) is 8.77. The van der Waals surface area contributed by atoms with Gasteiger partial charge in [-0.3, -0.25) is 0 Å². The Balaban J connectivity index is 1.67. The lowest BCUT2D eigenvalue weighted by atomic mass is 9.93. The first-order valence-corrected chi connectivity index (χ1v) is 7.19. The molecule has 1 saturated heterocycles. The van der Waals surface area contributed by atoms with Crippen LogP contribution in [-0.4, -0.2) is 37.6 Å². The van der Waals surface area contributed by atoms with Crippen molar-refractivity contribution in [2.45, 2.75) is 51.5 Å². The molecule has 1 N–H and O–H groups in total. The molecule has 0 aromatic heterocycles. The minimum atomic E-state index is 0.753. The monoisotopic (exact) mass is 224 g/mol. The van der Waals surface area contributed by atoms with Crippen molar-refractivity contribution in [3.05, 3.63) is 0 Å². The van der Waals surface area contributed by atoms with Gasteiger partial charge < -0.3 is 10.2 Å². The minimum absolute atomic E-state index is 0.753. The van der Waals surface area contributed by atoms with Crippen molar-refractivity contribution >= 4 is 0 Å². The van der Waals surface area contributed by atoms with Gasteiger partial charge >= 0.3 is 0 Å². The third-order valence-corrected chi connectivity index (χ3v) is 4.69. The Morgan fingerprint density at radius 3 is 2.56 bits per heavy atom. The van der Waals surface area contributed by atoms with Gasteiger partial charge in [0, 0.05) is 12.6 Å². The number of nitrogens with zero attached hydrogens (tertiary/aromatic N) is 1. The van der Waals surface area contributed by atoms with Crippen LogP contribution >= 0.6 is 0 Å². The molecule has 2 heteroatoms. The highest BCUT2D eigenvalue weighted by molar-refractivity contribution is 4.82. The van der Waals surface area contributed by atoms with E-state index in [0.29, 0.717) is 0 Å². The van der Waals surface area contributed by atoms with Crippen LogP contribution < -0.4 is 5.32 Å². The van der Waals surface area contributed by atoms with Gasteiger partial charge in [-0.1, -0.05) is 32.6 Å². The van der Waals surface area contributed by atoms with E-state index in [0.717, 1.165) is 17.9 Å².